The van der Waals surface area contributed by atoms with E-state index in [-0.39, 0.29) is 0 Å². The first-order valence-electron chi connectivity index (χ1n) is 5.49. The van der Waals surface area contributed by atoms with Gasteiger partial charge in [-0.1, -0.05) is 56.6 Å². The zero-order chi connectivity index (χ0) is 12.4. The highest BCUT2D eigenvalue weighted by atomic mass is 28.3. The molecule has 1 aromatic carbocycles. The summed E-state index contributed by atoms with van der Waals surface area (Å²) in [6.45, 7) is 12.1. The number of hydrogen-bond donors (Lipinski definition) is 1. The van der Waals surface area contributed by atoms with E-state index in [1.54, 1.807) is 0 Å². The molecule has 16 heavy (non-hydrogen) atoms. The second-order valence-electron chi connectivity index (χ2n) is 5.24. The molecule has 2 heteroatoms. The van der Waals surface area contributed by atoms with E-state index in [0.717, 1.165) is 10.8 Å². The van der Waals surface area contributed by atoms with Gasteiger partial charge in [0.25, 0.3) is 0 Å². The Morgan fingerprint density at radius 2 is 1.75 bits per heavy atom. The Bertz CT molecular complexity index is 406. The van der Waals surface area contributed by atoms with Crippen LogP contribution < -0.4 is 0 Å². The Labute approximate surface area is 99.1 Å². The quantitative estimate of drug-likeness (QED) is 0.625. The van der Waals surface area contributed by atoms with E-state index < -0.39 is 13.7 Å². The molecule has 0 fully saturated rings. The van der Waals surface area contributed by atoms with Crippen LogP contribution in [0.4, 0.5) is 0 Å². The molecule has 1 atom stereocenters. The standard InChI is InChI=1S/C14H20OSi/c1-6-13(16(3,4)5)14(2,15)12-10-8-7-9-11-12/h7-11,15H,1H2,2-5H3. The SMILES string of the molecule is C=C=C(C(C)(O)c1ccccc1)[Si](C)(C)C. The van der Waals surface area contributed by atoms with Crippen molar-refractivity contribution in [3.8, 4) is 0 Å². The summed E-state index contributed by atoms with van der Waals surface area (Å²) in [6, 6.07) is 9.71. The molecular formula is C14H20OSi. The first kappa shape index (κ1) is 13.0. The maximum absolute atomic E-state index is 10.7. The first-order chi connectivity index (χ1) is 7.30. The van der Waals surface area contributed by atoms with Crippen LogP contribution in [0.5, 0.6) is 0 Å². The molecule has 0 spiro atoms. The van der Waals surface area contributed by atoms with Crippen molar-refractivity contribution in [2.24, 2.45) is 0 Å². The molecule has 0 aliphatic heterocycles. The maximum atomic E-state index is 10.7. The van der Waals surface area contributed by atoms with Gasteiger partial charge in [0.2, 0.25) is 0 Å². The maximum Gasteiger partial charge on any atom is 0.111 e. The lowest BCUT2D eigenvalue weighted by Crippen LogP contribution is -2.38. The lowest BCUT2D eigenvalue weighted by Gasteiger charge is -2.33. The van der Waals surface area contributed by atoms with Gasteiger partial charge < -0.3 is 5.11 Å². The highest BCUT2D eigenvalue weighted by molar-refractivity contribution is 6.83. The third-order valence-corrected chi connectivity index (χ3v) is 4.91. The van der Waals surface area contributed by atoms with Crippen molar-refractivity contribution < 1.29 is 5.11 Å². The van der Waals surface area contributed by atoms with E-state index in [0.29, 0.717) is 0 Å². The highest BCUT2D eigenvalue weighted by Crippen LogP contribution is 2.33. The van der Waals surface area contributed by atoms with Crippen molar-refractivity contribution in [3.63, 3.8) is 0 Å². The molecule has 1 N–H and O–H groups in total. The summed E-state index contributed by atoms with van der Waals surface area (Å²) in [4.78, 5) is 0. The van der Waals surface area contributed by atoms with Gasteiger partial charge in [0.1, 0.15) is 5.60 Å². The van der Waals surface area contributed by atoms with Gasteiger partial charge in [-0.3, -0.25) is 0 Å². The van der Waals surface area contributed by atoms with Gasteiger partial charge in [0.15, 0.2) is 0 Å². The van der Waals surface area contributed by atoms with Gasteiger partial charge in [0, 0.05) is 0 Å². The van der Waals surface area contributed by atoms with Crippen LogP contribution in [-0.4, -0.2) is 13.2 Å². The monoisotopic (exact) mass is 232 g/mol. The topological polar surface area (TPSA) is 20.2 Å². The fraction of sp³-hybridized carbons (Fsp3) is 0.357. The van der Waals surface area contributed by atoms with Crippen LogP contribution >= 0.6 is 0 Å². The van der Waals surface area contributed by atoms with Gasteiger partial charge >= 0.3 is 0 Å². The van der Waals surface area contributed by atoms with E-state index in [9.17, 15) is 5.11 Å². The molecule has 1 nitrogen and oxygen atoms in total. The number of aliphatic hydroxyl groups is 1. The highest BCUT2D eigenvalue weighted by Gasteiger charge is 2.36. The summed E-state index contributed by atoms with van der Waals surface area (Å²) in [5.74, 6) is 0. The van der Waals surface area contributed by atoms with E-state index in [1.165, 1.54) is 0 Å². The Hall–Kier alpha value is -1.08. The second-order valence-corrected chi connectivity index (χ2v) is 10.2. The zero-order valence-corrected chi connectivity index (χ0v) is 11.5. The van der Waals surface area contributed by atoms with E-state index in [1.807, 2.05) is 37.3 Å². The van der Waals surface area contributed by atoms with Crippen LogP contribution in [0.1, 0.15) is 12.5 Å². The fourth-order valence-electron chi connectivity index (χ4n) is 2.07. The molecule has 86 valence electrons. The molecular weight excluding hydrogens is 212 g/mol. The van der Waals surface area contributed by atoms with E-state index >= 15 is 0 Å². The Balaban J connectivity index is 3.27. The first-order valence-corrected chi connectivity index (χ1v) is 8.99. The van der Waals surface area contributed by atoms with Crippen LogP contribution in [0, 0.1) is 0 Å². The second kappa shape index (κ2) is 4.42. The molecule has 0 saturated heterocycles. The predicted octanol–water partition coefficient (Wildman–Crippen LogP) is 3.48. The molecule has 0 aliphatic rings. The van der Waals surface area contributed by atoms with Crippen LogP contribution in [0.25, 0.3) is 0 Å². The molecule has 0 saturated carbocycles. The third-order valence-electron chi connectivity index (χ3n) is 2.75. The van der Waals surface area contributed by atoms with E-state index in [4.69, 9.17) is 0 Å². The largest absolute Gasteiger partial charge is 0.381 e. The minimum Gasteiger partial charge on any atom is -0.381 e. The van der Waals surface area contributed by atoms with Gasteiger partial charge in [-0.25, -0.2) is 0 Å². The Kier molecular flexibility index (Phi) is 3.59. The fourth-order valence-corrected chi connectivity index (χ4v) is 4.21. The van der Waals surface area contributed by atoms with Crippen molar-refractivity contribution in [2.45, 2.75) is 32.2 Å². The lowest BCUT2D eigenvalue weighted by atomic mass is 9.96. The Morgan fingerprint density at radius 3 is 2.12 bits per heavy atom. The molecule has 0 aromatic heterocycles. The smallest absolute Gasteiger partial charge is 0.111 e. The normalized spacial score (nSPS) is 15.1. The molecule has 1 rings (SSSR count). The van der Waals surface area contributed by atoms with Gasteiger partial charge in [0.05, 0.1) is 8.07 Å². The minimum absolute atomic E-state index is 0.906. The number of rotatable bonds is 3. The number of benzene rings is 1. The van der Waals surface area contributed by atoms with Crippen LogP contribution in [-0.2, 0) is 5.60 Å². The summed E-state index contributed by atoms with van der Waals surface area (Å²) in [5, 5.41) is 11.6. The molecule has 1 unspecified atom stereocenters. The van der Waals surface area contributed by atoms with Gasteiger partial charge in [-0.2, -0.15) is 0 Å². The molecule has 0 amide bonds. The van der Waals surface area contributed by atoms with Gasteiger partial charge in [-0.05, 0) is 17.7 Å². The summed E-state index contributed by atoms with van der Waals surface area (Å²) >= 11 is 0. The van der Waals surface area contributed by atoms with Crippen LogP contribution in [0.2, 0.25) is 19.6 Å². The van der Waals surface area contributed by atoms with Crippen LogP contribution in [0.15, 0.2) is 47.8 Å². The van der Waals surface area contributed by atoms with Crippen molar-refractivity contribution in [1.82, 2.24) is 0 Å². The van der Waals surface area contributed by atoms with Gasteiger partial charge in [-0.15, -0.1) is 5.73 Å². The zero-order valence-electron chi connectivity index (χ0n) is 10.5. The van der Waals surface area contributed by atoms with Crippen LogP contribution in [0.3, 0.4) is 0 Å². The molecule has 0 bridgehead atoms. The predicted molar refractivity (Wildman–Crippen MR) is 72.0 cm³/mol. The van der Waals surface area contributed by atoms with Crippen molar-refractivity contribution in [1.29, 1.82) is 0 Å². The van der Waals surface area contributed by atoms with E-state index in [2.05, 4.69) is 32.0 Å². The Morgan fingerprint density at radius 1 is 1.25 bits per heavy atom. The van der Waals surface area contributed by atoms with Crippen molar-refractivity contribution in [3.05, 3.63) is 53.4 Å². The lowest BCUT2D eigenvalue weighted by molar-refractivity contribution is 0.105. The summed E-state index contributed by atoms with van der Waals surface area (Å²) in [7, 11) is -1.61. The molecule has 0 radical (unpaired) electrons. The summed E-state index contributed by atoms with van der Waals surface area (Å²) < 4.78 is 0. The molecule has 0 heterocycles. The summed E-state index contributed by atoms with van der Waals surface area (Å²) in [6.07, 6.45) is 0. The average molecular weight is 232 g/mol. The molecule has 1 aromatic rings. The average Bonchev–Trinajstić information content (AvgIpc) is 2.17. The van der Waals surface area contributed by atoms with Crippen molar-refractivity contribution in [2.75, 3.05) is 0 Å². The van der Waals surface area contributed by atoms with Crippen molar-refractivity contribution >= 4 is 8.07 Å². The summed E-state index contributed by atoms with van der Waals surface area (Å²) in [5.41, 5.74) is 2.91. The third kappa shape index (κ3) is 2.53. The number of hydrogen-bond acceptors (Lipinski definition) is 1. The minimum atomic E-state index is -1.61. The molecule has 0 aliphatic carbocycles.